The van der Waals surface area contributed by atoms with Gasteiger partial charge in [-0.1, -0.05) is 18.2 Å². The standard InChI is InChI=1S/C27H24F6N4O3/c1-14-22(19-6-3-4-7-21(19)38)20(35-24(34-14)36-8-5-9-36)13-37-15(2)23(40-25(37)39)16-10-17(26(28,29)30)12-18(11-16)27(31,32)33/h3-4,6-7,10-12,15,23,38H,5,8-9,13H2,1-2H3. The molecule has 0 spiro atoms. The van der Waals surface area contributed by atoms with E-state index in [1.807, 2.05) is 4.90 Å². The largest absolute Gasteiger partial charge is 0.507 e. The van der Waals surface area contributed by atoms with Crippen LogP contribution in [0.2, 0.25) is 0 Å². The molecule has 2 saturated heterocycles. The first-order valence-electron chi connectivity index (χ1n) is 12.4. The molecule has 0 aliphatic carbocycles. The second-order valence-electron chi connectivity index (χ2n) is 9.80. The smallest absolute Gasteiger partial charge is 0.416 e. The molecule has 3 aromatic rings. The van der Waals surface area contributed by atoms with Crippen molar-refractivity contribution in [1.29, 1.82) is 0 Å². The molecule has 212 valence electrons. The van der Waals surface area contributed by atoms with Gasteiger partial charge in [-0.15, -0.1) is 0 Å². The van der Waals surface area contributed by atoms with Gasteiger partial charge in [-0.2, -0.15) is 26.3 Å². The summed E-state index contributed by atoms with van der Waals surface area (Å²) in [5.41, 5.74) is -1.67. The van der Waals surface area contributed by atoms with Crippen LogP contribution < -0.4 is 4.90 Å². The van der Waals surface area contributed by atoms with Crippen LogP contribution in [0.1, 0.15) is 47.5 Å². The second kappa shape index (κ2) is 9.86. The lowest BCUT2D eigenvalue weighted by Crippen LogP contribution is -2.39. The summed E-state index contributed by atoms with van der Waals surface area (Å²) in [5, 5.41) is 10.5. The highest BCUT2D eigenvalue weighted by Gasteiger charge is 2.43. The Morgan fingerprint density at radius 1 is 1.00 bits per heavy atom. The molecule has 2 fully saturated rings. The number of cyclic esters (lactones) is 1. The Bertz CT molecular complexity index is 1420. The predicted molar refractivity (Wildman–Crippen MR) is 131 cm³/mol. The van der Waals surface area contributed by atoms with Gasteiger partial charge < -0.3 is 14.7 Å². The van der Waals surface area contributed by atoms with Gasteiger partial charge >= 0.3 is 18.4 Å². The number of rotatable bonds is 5. The molecule has 13 heteroatoms. The molecular weight excluding hydrogens is 542 g/mol. The van der Waals surface area contributed by atoms with Gasteiger partial charge in [-0.25, -0.2) is 14.8 Å². The number of phenolic OH excluding ortho intramolecular Hbond substituents is 1. The Kier molecular flexibility index (Phi) is 6.79. The van der Waals surface area contributed by atoms with Gasteiger partial charge in [0.25, 0.3) is 0 Å². The normalized spacial score (nSPS) is 19.6. The molecule has 7 nitrogen and oxygen atoms in total. The summed E-state index contributed by atoms with van der Waals surface area (Å²) in [6.45, 7) is 4.49. The van der Waals surface area contributed by atoms with Gasteiger partial charge in [-0.05, 0) is 50.1 Å². The third-order valence-corrected chi connectivity index (χ3v) is 7.12. The van der Waals surface area contributed by atoms with E-state index < -0.39 is 47.3 Å². The molecule has 40 heavy (non-hydrogen) atoms. The third kappa shape index (κ3) is 5.11. The topological polar surface area (TPSA) is 78.8 Å². The zero-order valence-electron chi connectivity index (χ0n) is 21.3. The fourth-order valence-corrected chi connectivity index (χ4v) is 4.89. The summed E-state index contributed by atoms with van der Waals surface area (Å²) in [6.07, 6.45) is -11.5. The maximum absolute atomic E-state index is 13.4. The minimum absolute atomic E-state index is 0.0301. The molecule has 0 saturated carbocycles. The van der Waals surface area contributed by atoms with E-state index in [-0.39, 0.29) is 18.4 Å². The molecular formula is C27H24F6N4O3. The van der Waals surface area contributed by atoms with E-state index in [1.165, 1.54) is 17.9 Å². The van der Waals surface area contributed by atoms with Crippen molar-refractivity contribution in [3.63, 3.8) is 0 Å². The van der Waals surface area contributed by atoms with Crippen LogP contribution in [0.3, 0.4) is 0 Å². The number of benzene rings is 2. The number of amides is 1. The third-order valence-electron chi connectivity index (χ3n) is 7.12. The number of aromatic nitrogens is 2. The number of carbonyl (C=O) groups is 1. The highest BCUT2D eigenvalue weighted by Crippen LogP contribution is 2.42. The van der Waals surface area contributed by atoms with Crippen LogP contribution >= 0.6 is 0 Å². The van der Waals surface area contributed by atoms with Crippen LogP contribution in [-0.4, -0.2) is 45.2 Å². The zero-order chi connectivity index (χ0) is 29.0. The lowest BCUT2D eigenvalue weighted by atomic mass is 9.97. The Labute approximate surface area is 225 Å². The van der Waals surface area contributed by atoms with Gasteiger partial charge in [0.2, 0.25) is 5.95 Å². The lowest BCUT2D eigenvalue weighted by Gasteiger charge is -2.32. The minimum Gasteiger partial charge on any atom is -0.507 e. The number of nitrogens with zero attached hydrogens (tertiary/aromatic N) is 4. The number of aromatic hydroxyl groups is 1. The van der Waals surface area contributed by atoms with Crippen LogP contribution in [0, 0.1) is 6.92 Å². The lowest BCUT2D eigenvalue weighted by molar-refractivity contribution is -0.143. The predicted octanol–water partition coefficient (Wildman–Crippen LogP) is 6.49. The van der Waals surface area contributed by atoms with Gasteiger partial charge in [0, 0.05) is 24.2 Å². The summed E-state index contributed by atoms with van der Waals surface area (Å²) in [5.74, 6) is 0.369. The van der Waals surface area contributed by atoms with E-state index in [4.69, 9.17) is 4.74 Å². The van der Waals surface area contributed by atoms with Crippen molar-refractivity contribution >= 4 is 12.0 Å². The van der Waals surface area contributed by atoms with E-state index in [2.05, 4.69) is 9.97 Å². The molecule has 0 radical (unpaired) electrons. The van der Waals surface area contributed by atoms with Crippen LogP contribution in [-0.2, 0) is 23.6 Å². The highest BCUT2D eigenvalue weighted by molar-refractivity contribution is 5.76. The summed E-state index contributed by atoms with van der Waals surface area (Å²) in [7, 11) is 0. The Morgan fingerprint density at radius 3 is 2.17 bits per heavy atom. The second-order valence-corrected chi connectivity index (χ2v) is 9.80. The molecule has 1 N–H and O–H groups in total. The number of alkyl halides is 6. The molecule has 2 atom stereocenters. The van der Waals surface area contributed by atoms with E-state index in [0.717, 1.165) is 19.5 Å². The number of ether oxygens (including phenoxy) is 1. The summed E-state index contributed by atoms with van der Waals surface area (Å²) >= 11 is 0. The molecule has 1 amide bonds. The van der Waals surface area contributed by atoms with Crippen LogP contribution in [0.5, 0.6) is 5.75 Å². The maximum Gasteiger partial charge on any atom is 0.416 e. The number of para-hydroxylation sites is 1. The van der Waals surface area contributed by atoms with Crippen LogP contribution in [0.25, 0.3) is 11.1 Å². The quantitative estimate of drug-likeness (QED) is 0.356. The molecule has 2 aliphatic rings. The summed E-state index contributed by atoms with van der Waals surface area (Å²) in [6, 6.07) is 6.70. The van der Waals surface area contributed by atoms with Crippen molar-refractivity contribution in [2.24, 2.45) is 0 Å². The number of aryl methyl sites for hydroxylation is 1. The molecule has 0 bridgehead atoms. The number of carbonyl (C=O) groups excluding carboxylic acids is 1. The van der Waals surface area contributed by atoms with E-state index in [1.54, 1.807) is 25.1 Å². The van der Waals surface area contributed by atoms with Crippen molar-refractivity contribution < 1.29 is 41.0 Å². The van der Waals surface area contributed by atoms with Gasteiger partial charge in [0.1, 0.15) is 11.9 Å². The Hall–Kier alpha value is -4.03. The number of hydrogen-bond acceptors (Lipinski definition) is 6. The van der Waals surface area contributed by atoms with Crippen molar-refractivity contribution in [3.8, 4) is 16.9 Å². The number of hydrogen-bond donors (Lipinski definition) is 1. The first-order valence-corrected chi connectivity index (χ1v) is 12.4. The monoisotopic (exact) mass is 566 g/mol. The van der Waals surface area contributed by atoms with Gasteiger partial charge in [0.05, 0.1) is 35.1 Å². The molecule has 1 aromatic heterocycles. The van der Waals surface area contributed by atoms with Crippen molar-refractivity contribution in [1.82, 2.24) is 14.9 Å². The molecule has 2 aromatic carbocycles. The highest BCUT2D eigenvalue weighted by atomic mass is 19.4. The first kappa shape index (κ1) is 27.5. The summed E-state index contributed by atoms with van der Waals surface area (Å²) < 4.78 is 86.0. The Morgan fingerprint density at radius 2 is 1.62 bits per heavy atom. The van der Waals surface area contributed by atoms with Crippen LogP contribution in [0.4, 0.5) is 37.1 Å². The number of phenols is 1. The molecule has 5 rings (SSSR count). The van der Waals surface area contributed by atoms with Crippen molar-refractivity contribution in [2.75, 3.05) is 18.0 Å². The molecule has 2 aliphatic heterocycles. The minimum atomic E-state index is -5.04. The fraction of sp³-hybridized carbons (Fsp3) is 0.370. The Balaban J connectivity index is 1.54. The molecule has 2 unspecified atom stereocenters. The SMILES string of the molecule is Cc1nc(N2CCC2)nc(CN2C(=O)OC(c3cc(C(F)(F)F)cc(C(F)(F)F)c3)C2C)c1-c1ccccc1O. The van der Waals surface area contributed by atoms with Crippen molar-refractivity contribution in [3.05, 3.63) is 70.5 Å². The maximum atomic E-state index is 13.4. The number of anilines is 1. The van der Waals surface area contributed by atoms with Gasteiger partial charge in [0.15, 0.2) is 0 Å². The van der Waals surface area contributed by atoms with E-state index in [0.29, 0.717) is 40.6 Å². The van der Waals surface area contributed by atoms with E-state index >= 15 is 0 Å². The average Bonchev–Trinajstić information content (AvgIpc) is 3.11. The zero-order valence-corrected chi connectivity index (χ0v) is 21.3. The average molecular weight is 567 g/mol. The first-order chi connectivity index (χ1) is 18.7. The van der Waals surface area contributed by atoms with Crippen LogP contribution in [0.15, 0.2) is 42.5 Å². The summed E-state index contributed by atoms with van der Waals surface area (Å²) in [4.78, 5) is 25.3. The fourth-order valence-electron chi connectivity index (χ4n) is 4.89. The number of halogens is 6. The van der Waals surface area contributed by atoms with E-state index in [9.17, 15) is 36.2 Å². The van der Waals surface area contributed by atoms with Crippen molar-refractivity contribution in [2.45, 2.75) is 51.3 Å². The molecule has 3 heterocycles. The van der Waals surface area contributed by atoms with Gasteiger partial charge in [-0.3, -0.25) is 4.90 Å².